The van der Waals surface area contributed by atoms with Gasteiger partial charge in [0.1, 0.15) is 5.54 Å². The van der Waals surface area contributed by atoms with Gasteiger partial charge in [0, 0.05) is 19.7 Å². The van der Waals surface area contributed by atoms with Crippen molar-refractivity contribution >= 4 is 5.97 Å². The molecule has 0 spiro atoms. The van der Waals surface area contributed by atoms with Gasteiger partial charge in [-0.25, -0.2) is 4.79 Å². The predicted molar refractivity (Wildman–Crippen MR) is 77.3 cm³/mol. The zero-order valence-electron chi connectivity index (χ0n) is 13.1. The second-order valence-corrected chi connectivity index (χ2v) is 4.64. The number of nitrogens with zero attached hydrogens (tertiary/aromatic N) is 1. The molecule has 0 bridgehead atoms. The summed E-state index contributed by atoms with van der Waals surface area (Å²) in [6.45, 7) is 14.8. The molecule has 0 saturated heterocycles. The van der Waals surface area contributed by atoms with Crippen LogP contribution in [0.1, 0.15) is 34.6 Å². The van der Waals surface area contributed by atoms with E-state index in [9.17, 15) is 4.79 Å². The fourth-order valence-corrected chi connectivity index (χ4v) is 1.81. The molecule has 114 valence electrons. The molecule has 1 atom stereocenters. The summed E-state index contributed by atoms with van der Waals surface area (Å²) >= 11 is 0. The summed E-state index contributed by atoms with van der Waals surface area (Å²) in [5, 5.41) is 3.27. The lowest BCUT2D eigenvalue weighted by Gasteiger charge is -2.29. The van der Waals surface area contributed by atoms with Crippen molar-refractivity contribution in [3.63, 3.8) is 0 Å². The molecule has 5 nitrogen and oxygen atoms in total. The third-order valence-corrected chi connectivity index (χ3v) is 3.16. The van der Waals surface area contributed by atoms with Gasteiger partial charge in [0.05, 0.1) is 13.2 Å². The van der Waals surface area contributed by atoms with Gasteiger partial charge in [-0.15, -0.1) is 0 Å². The minimum absolute atomic E-state index is 0.247. The maximum absolute atomic E-state index is 12.0. The largest absolute Gasteiger partial charge is 0.465 e. The topological polar surface area (TPSA) is 50.8 Å². The highest BCUT2D eigenvalue weighted by molar-refractivity contribution is 5.80. The Bertz CT molecular complexity index is 245. The quantitative estimate of drug-likeness (QED) is 0.575. The molecule has 0 aromatic rings. The van der Waals surface area contributed by atoms with Crippen LogP contribution in [-0.4, -0.2) is 62.4 Å². The van der Waals surface area contributed by atoms with E-state index in [0.29, 0.717) is 19.8 Å². The molecule has 1 unspecified atom stereocenters. The summed E-state index contributed by atoms with van der Waals surface area (Å²) in [7, 11) is 0. The maximum atomic E-state index is 12.0. The Morgan fingerprint density at radius 3 is 2.26 bits per heavy atom. The van der Waals surface area contributed by atoms with Crippen molar-refractivity contribution in [2.75, 3.05) is 46.0 Å². The number of rotatable bonds is 11. The van der Waals surface area contributed by atoms with Gasteiger partial charge in [0.25, 0.3) is 0 Å². The molecule has 1 N–H and O–H groups in total. The highest BCUT2D eigenvalue weighted by atomic mass is 16.5. The van der Waals surface area contributed by atoms with Crippen LogP contribution < -0.4 is 5.32 Å². The van der Waals surface area contributed by atoms with Crippen molar-refractivity contribution < 1.29 is 14.3 Å². The van der Waals surface area contributed by atoms with Gasteiger partial charge >= 0.3 is 5.97 Å². The van der Waals surface area contributed by atoms with Gasteiger partial charge in [-0.1, -0.05) is 13.8 Å². The van der Waals surface area contributed by atoms with Gasteiger partial charge in [0.2, 0.25) is 0 Å². The first-order valence-corrected chi connectivity index (χ1v) is 7.26. The van der Waals surface area contributed by atoms with E-state index in [1.54, 1.807) is 0 Å². The summed E-state index contributed by atoms with van der Waals surface area (Å²) in [5.41, 5.74) is -0.765. The zero-order chi connectivity index (χ0) is 14.7. The summed E-state index contributed by atoms with van der Waals surface area (Å²) in [5.74, 6) is -0.247. The second kappa shape index (κ2) is 10.2. The molecule has 5 heteroatoms. The number of ether oxygens (including phenoxy) is 2. The fourth-order valence-electron chi connectivity index (χ4n) is 1.81. The highest BCUT2D eigenvalue weighted by Crippen LogP contribution is 2.08. The van der Waals surface area contributed by atoms with E-state index in [1.807, 2.05) is 20.8 Å². The average molecular weight is 274 g/mol. The third kappa shape index (κ3) is 6.89. The Morgan fingerprint density at radius 2 is 1.79 bits per heavy atom. The molecule has 0 aliphatic rings. The fraction of sp³-hybridized carbons (Fsp3) is 0.929. The predicted octanol–water partition coefficient (Wildman–Crippen LogP) is 1.28. The Balaban J connectivity index is 4.37. The van der Waals surface area contributed by atoms with E-state index in [0.717, 1.165) is 26.2 Å². The minimum atomic E-state index is -0.765. The van der Waals surface area contributed by atoms with E-state index in [1.165, 1.54) is 0 Å². The first kappa shape index (κ1) is 18.4. The number of likely N-dealkylation sites (N-methyl/N-ethyl adjacent to an activating group) is 1. The first-order chi connectivity index (χ1) is 9.03. The van der Waals surface area contributed by atoms with E-state index < -0.39 is 5.54 Å². The van der Waals surface area contributed by atoms with Crippen LogP contribution in [0.4, 0.5) is 0 Å². The molecule has 0 amide bonds. The Kier molecular flexibility index (Phi) is 9.83. The molecule has 0 aliphatic heterocycles. The lowest BCUT2D eigenvalue weighted by molar-refractivity contribution is -0.153. The molecule has 0 saturated carbocycles. The molecule has 0 aliphatic carbocycles. The smallest absolute Gasteiger partial charge is 0.328 e. The van der Waals surface area contributed by atoms with Crippen molar-refractivity contribution in [1.82, 2.24) is 10.2 Å². The molecule has 0 aromatic heterocycles. The molecular weight excluding hydrogens is 244 g/mol. The van der Waals surface area contributed by atoms with E-state index in [4.69, 9.17) is 9.47 Å². The van der Waals surface area contributed by atoms with Gasteiger partial charge in [-0.05, 0) is 33.9 Å². The van der Waals surface area contributed by atoms with Crippen molar-refractivity contribution in [3.8, 4) is 0 Å². The lowest BCUT2D eigenvalue weighted by Crippen LogP contribution is -2.55. The number of hydrogen-bond acceptors (Lipinski definition) is 5. The first-order valence-electron chi connectivity index (χ1n) is 7.26. The standard InChI is InChI=1S/C14H30N2O3/c1-6-16(7-2)11-10-15-14(5,12-18-8-3)13(17)19-9-4/h15H,6-12H2,1-5H3. The van der Waals surface area contributed by atoms with E-state index in [2.05, 4.69) is 24.1 Å². The van der Waals surface area contributed by atoms with Crippen LogP contribution >= 0.6 is 0 Å². The molecule has 0 heterocycles. The summed E-state index contributed by atoms with van der Waals surface area (Å²) in [6.07, 6.45) is 0. The van der Waals surface area contributed by atoms with E-state index in [-0.39, 0.29) is 5.97 Å². The monoisotopic (exact) mass is 274 g/mol. The second-order valence-electron chi connectivity index (χ2n) is 4.64. The van der Waals surface area contributed by atoms with Gasteiger partial charge in [-0.2, -0.15) is 0 Å². The normalized spacial score (nSPS) is 14.4. The van der Waals surface area contributed by atoms with Crippen molar-refractivity contribution in [1.29, 1.82) is 0 Å². The van der Waals surface area contributed by atoms with Crippen LogP contribution in [-0.2, 0) is 14.3 Å². The summed E-state index contributed by atoms with van der Waals surface area (Å²) in [4.78, 5) is 14.3. The molecular formula is C14H30N2O3. The minimum Gasteiger partial charge on any atom is -0.465 e. The van der Waals surface area contributed by atoms with Crippen LogP contribution in [0.25, 0.3) is 0 Å². The number of esters is 1. The van der Waals surface area contributed by atoms with E-state index >= 15 is 0 Å². The molecule has 0 rings (SSSR count). The molecule has 0 aromatic carbocycles. The Morgan fingerprint density at radius 1 is 1.16 bits per heavy atom. The molecule has 0 fully saturated rings. The zero-order valence-corrected chi connectivity index (χ0v) is 13.1. The lowest BCUT2D eigenvalue weighted by atomic mass is 10.0. The number of hydrogen-bond donors (Lipinski definition) is 1. The van der Waals surface area contributed by atoms with Crippen LogP contribution in [0.15, 0.2) is 0 Å². The average Bonchev–Trinajstić information content (AvgIpc) is 2.41. The summed E-state index contributed by atoms with van der Waals surface area (Å²) in [6, 6.07) is 0. The third-order valence-electron chi connectivity index (χ3n) is 3.16. The van der Waals surface area contributed by atoms with Crippen LogP contribution in [0.3, 0.4) is 0 Å². The SMILES string of the molecule is CCOCC(C)(NCCN(CC)CC)C(=O)OCC. The number of carbonyl (C=O) groups is 1. The Labute approximate surface area is 117 Å². The van der Waals surface area contributed by atoms with Crippen molar-refractivity contribution in [3.05, 3.63) is 0 Å². The van der Waals surface area contributed by atoms with Crippen LogP contribution in [0, 0.1) is 0 Å². The molecule has 19 heavy (non-hydrogen) atoms. The molecule has 0 radical (unpaired) electrons. The maximum Gasteiger partial charge on any atom is 0.328 e. The van der Waals surface area contributed by atoms with Gasteiger partial charge < -0.3 is 14.4 Å². The highest BCUT2D eigenvalue weighted by Gasteiger charge is 2.34. The van der Waals surface area contributed by atoms with Crippen LogP contribution in [0.5, 0.6) is 0 Å². The van der Waals surface area contributed by atoms with Gasteiger partial charge in [-0.3, -0.25) is 5.32 Å². The van der Waals surface area contributed by atoms with Crippen molar-refractivity contribution in [2.24, 2.45) is 0 Å². The van der Waals surface area contributed by atoms with Gasteiger partial charge in [0.15, 0.2) is 0 Å². The van der Waals surface area contributed by atoms with Crippen LogP contribution in [0.2, 0.25) is 0 Å². The number of nitrogens with one attached hydrogen (secondary N) is 1. The number of carbonyl (C=O) groups excluding carboxylic acids is 1. The van der Waals surface area contributed by atoms with Crippen molar-refractivity contribution in [2.45, 2.75) is 40.2 Å². The summed E-state index contributed by atoms with van der Waals surface area (Å²) < 4.78 is 10.5. The Hall–Kier alpha value is -0.650.